The molecule has 0 saturated carbocycles. The van der Waals surface area contributed by atoms with Crippen molar-refractivity contribution >= 4 is 5.82 Å². The van der Waals surface area contributed by atoms with E-state index in [2.05, 4.69) is 44.5 Å². The standard InChI is InChI=1S/C19H26N4/c1-20-19-10-6-8-16(22-19)11-12-18-9-3-5-14-23(18)15-17-7-2-4-13-21-17/h2,4,6-8,10,13,18H,3,5,9,11-12,14-15H2,1H3,(H,20,22). The van der Waals surface area contributed by atoms with Crippen molar-refractivity contribution in [2.45, 2.75) is 44.7 Å². The van der Waals surface area contributed by atoms with Crippen LogP contribution in [0.25, 0.3) is 0 Å². The lowest BCUT2D eigenvalue weighted by atomic mass is 9.96. The molecule has 1 fully saturated rings. The summed E-state index contributed by atoms with van der Waals surface area (Å²) < 4.78 is 0. The zero-order valence-electron chi connectivity index (χ0n) is 13.9. The van der Waals surface area contributed by atoms with E-state index in [0.29, 0.717) is 6.04 Å². The maximum atomic E-state index is 4.64. The molecule has 1 atom stereocenters. The topological polar surface area (TPSA) is 41.0 Å². The molecule has 1 aliphatic heterocycles. The van der Waals surface area contributed by atoms with Gasteiger partial charge in [-0.25, -0.2) is 4.98 Å². The van der Waals surface area contributed by atoms with Crippen LogP contribution in [0.5, 0.6) is 0 Å². The van der Waals surface area contributed by atoms with Crippen molar-refractivity contribution in [3.8, 4) is 0 Å². The van der Waals surface area contributed by atoms with Gasteiger partial charge in [0.2, 0.25) is 0 Å². The van der Waals surface area contributed by atoms with Gasteiger partial charge in [0.25, 0.3) is 0 Å². The number of anilines is 1. The summed E-state index contributed by atoms with van der Waals surface area (Å²) in [5.41, 5.74) is 2.36. The highest BCUT2D eigenvalue weighted by molar-refractivity contribution is 5.34. The normalized spacial score (nSPS) is 18.7. The smallest absolute Gasteiger partial charge is 0.125 e. The van der Waals surface area contributed by atoms with Crippen LogP contribution in [0, 0.1) is 0 Å². The maximum Gasteiger partial charge on any atom is 0.125 e. The largest absolute Gasteiger partial charge is 0.373 e. The quantitative estimate of drug-likeness (QED) is 0.886. The minimum atomic E-state index is 0.644. The Hall–Kier alpha value is -1.94. The number of nitrogens with one attached hydrogen (secondary N) is 1. The third kappa shape index (κ3) is 4.52. The van der Waals surface area contributed by atoms with E-state index >= 15 is 0 Å². The molecular formula is C19H26N4. The first-order valence-corrected chi connectivity index (χ1v) is 8.63. The molecule has 2 aromatic heterocycles. The van der Waals surface area contributed by atoms with E-state index in [-0.39, 0.29) is 0 Å². The molecule has 4 nitrogen and oxygen atoms in total. The van der Waals surface area contributed by atoms with Gasteiger partial charge < -0.3 is 5.32 Å². The van der Waals surface area contributed by atoms with E-state index in [9.17, 15) is 0 Å². The number of hydrogen-bond donors (Lipinski definition) is 1. The first-order valence-electron chi connectivity index (χ1n) is 8.63. The molecule has 1 unspecified atom stereocenters. The zero-order valence-corrected chi connectivity index (χ0v) is 13.9. The van der Waals surface area contributed by atoms with Crippen LogP contribution in [0.4, 0.5) is 5.82 Å². The van der Waals surface area contributed by atoms with Crippen LogP contribution >= 0.6 is 0 Å². The van der Waals surface area contributed by atoms with Crippen molar-refractivity contribution in [2.75, 3.05) is 18.9 Å². The summed E-state index contributed by atoms with van der Waals surface area (Å²) in [6, 6.07) is 13.1. The highest BCUT2D eigenvalue weighted by atomic mass is 15.2. The van der Waals surface area contributed by atoms with Gasteiger partial charge in [-0.15, -0.1) is 0 Å². The minimum absolute atomic E-state index is 0.644. The Morgan fingerprint density at radius 1 is 1.13 bits per heavy atom. The van der Waals surface area contributed by atoms with E-state index in [1.165, 1.54) is 43.6 Å². The van der Waals surface area contributed by atoms with Crippen LogP contribution in [0.15, 0.2) is 42.6 Å². The van der Waals surface area contributed by atoms with Gasteiger partial charge in [0.15, 0.2) is 0 Å². The van der Waals surface area contributed by atoms with E-state index in [1.807, 2.05) is 25.4 Å². The molecule has 3 rings (SSSR count). The number of piperidine rings is 1. The number of aryl methyl sites for hydroxylation is 1. The fourth-order valence-corrected chi connectivity index (χ4v) is 3.37. The summed E-state index contributed by atoms with van der Waals surface area (Å²) >= 11 is 0. The summed E-state index contributed by atoms with van der Waals surface area (Å²) in [5.74, 6) is 0.955. The Morgan fingerprint density at radius 2 is 2.04 bits per heavy atom. The van der Waals surface area contributed by atoms with E-state index in [0.717, 1.165) is 18.8 Å². The molecule has 23 heavy (non-hydrogen) atoms. The number of aromatic nitrogens is 2. The molecule has 1 N–H and O–H groups in total. The van der Waals surface area contributed by atoms with Crippen molar-refractivity contribution in [3.63, 3.8) is 0 Å². The second-order valence-electron chi connectivity index (χ2n) is 6.24. The molecule has 4 heteroatoms. The van der Waals surface area contributed by atoms with Crippen LogP contribution in [0.3, 0.4) is 0 Å². The highest BCUT2D eigenvalue weighted by Gasteiger charge is 2.22. The van der Waals surface area contributed by atoms with Crippen LogP contribution < -0.4 is 5.32 Å². The molecule has 0 spiro atoms. The molecule has 122 valence electrons. The summed E-state index contributed by atoms with van der Waals surface area (Å²) in [6.07, 6.45) is 8.04. The summed E-state index contributed by atoms with van der Waals surface area (Å²) in [7, 11) is 1.92. The molecular weight excluding hydrogens is 284 g/mol. The SMILES string of the molecule is CNc1cccc(CCC2CCCCN2Cc2ccccn2)n1. The van der Waals surface area contributed by atoms with Crippen molar-refractivity contribution in [2.24, 2.45) is 0 Å². The lowest BCUT2D eigenvalue weighted by Crippen LogP contribution is -2.39. The van der Waals surface area contributed by atoms with Gasteiger partial charge in [0.05, 0.1) is 5.69 Å². The summed E-state index contributed by atoms with van der Waals surface area (Å²) in [4.78, 5) is 11.7. The lowest BCUT2D eigenvalue weighted by Gasteiger charge is -2.35. The van der Waals surface area contributed by atoms with Crippen molar-refractivity contribution in [3.05, 3.63) is 54.0 Å². The van der Waals surface area contributed by atoms with Crippen molar-refractivity contribution < 1.29 is 0 Å². The fraction of sp³-hybridized carbons (Fsp3) is 0.474. The zero-order chi connectivity index (χ0) is 15.9. The molecule has 2 aromatic rings. The van der Waals surface area contributed by atoms with Gasteiger partial charge >= 0.3 is 0 Å². The number of hydrogen-bond acceptors (Lipinski definition) is 4. The second kappa shape index (κ2) is 8.06. The Balaban J connectivity index is 1.60. The Bertz CT molecular complexity index is 599. The van der Waals surface area contributed by atoms with Crippen LogP contribution in [-0.4, -0.2) is 34.5 Å². The first-order chi connectivity index (χ1) is 11.3. The molecule has 3 heterocycles. The first kappa shape index (κ1) is 15.9. The predicted molar refractivity (Wildman–Crippen MR) is 94.4 cm³/mol. The lowest BCUT2D eigenvalue weighted by molar-refractivity contribution is 0.130. The molecule has 1 saturated heterocycles. The number of likely N-dealkylation sites (tertiary alicyclic amines) is 1. The van der Waals surface area contributed by atoms with Crippen LogP contribution in [0.1, 0.15) is 37.1 Å². The highest BCUT2D eigenvalue weighted by Crippen LogP contribution is 2.23. The van der Waals surface area contributed by atoms with Gasteiger partial charge in [-0.1, -0.05) is 18.6 Å². The molecule has 1 aliphatic rings. The number of rotatable bonds is 6. The summed E-state index contributed by atoms with van der Waals surface area (Å²) in [5, 5.41) is 3.12. The van der Waals surface area contributed by atoms with Crippen molar-refractivity contribution in [1.29, 1.82) is 0 Å². The third-order valence-corrected chi connectivity index (χ3v) is 4.64. The second-order valence-corrected chi connectivity index (χ2v) is 6.24. The number of pyridine rings is 2. The maximum absolute atomic E-state index is 4.64. The molecule has 0 amide bonds. The van der Waals surface area contributed by atoms with Gasteiger partial charge in [-0.3, -0.25) is 9.88 Å². The number of nitrogens with zero attached hydrogens (tertiary/aromatic N) is 3. The van der Waals surface area contributed by atoms with Gasteiger partial charge in [0, 0.05) is 31.5 Å². The Morgan fingerprint density at radius 3 is 2.87 bits per heavy atom. The molecule has 0 radical (unpaired) electrons. The van der Waals surface area contributed by atoms with Crippen molar-refractivity contribution in [1.82, 2.24) is 14.9 Å². The molecule has 0 aliphatic carbocycles. The van der Waals surface area contributed by atoms with Gasteiger partial charge in [0.1, 0.15) is 5.82 Å². The van der Waals surface area contributed by atoms with Crippen LogP contribution in [-0.2, 0) is 13.0 Å². The van der Waals surface area contributed by atoms with E-state index in [4.69, 9.17) is 0 Å². The minimum Gasteiger partial charge on any atom is -0.373 e. The molecule has 0 bridgehead atoms. The Labute approximate surface area is 139 Å². The molecule has 0 aromatic carbocycles. The predicted octanol–water partition coefficient (Wildman–Crippen LogP) is 3.51. The third-order valence-electron chi connectivity index (χ3n) is 4.64. The average Bonchev–Trinajstić information content (AvgIpc) is 2.62. The van der Waals surface area contributed by atoms with Gasteiger partial charge in [-0.2, -0.15) is 0 Å². The van der Waals surface area contributed by atoms with Crippen LogP contribution in [0.2, 0.25) is 0 Å². The van der Waals surface area contributed by atoms with E-state index in [1.54, 1.807) is 0 Å². The fourth-order valence-electron chi connectivity index (χ4n) is 3.37. The average molecular weight is 310 g/mol. The van der Waals surface area contributed by atoms with E-state index < -0.39 is 0 Å². The summed E-state index contributed by atoms with van der Waals surface area (Å²) in [6.45, 7) is 2.15. The van der Waals surface area contributed by atoms with Gasteiger partial charge in [-0.05, 0) is 56.5 Å². The monoisotopic (exact) mass is 310 g/mol. The Kier molecular flexibility index (Phi) is 5.59.